The number of hydrogen-bond acceptors (Lipinski definition) is 5. The first-order valence-corrected chi connectivity index (χ1v) is 7.10. The van der Waals surface area contributed by atoms with Gasteiger partial charge in [0.25, 0.3) is 0 Å². The Bertz CT molecular complexity index is 667. The second-order valence-corrected chi connectivity index (χ2v) is 5.55. The van der Waals surface area contributed by atoms with Crippen molar-refractivity contribution in [1.29, 1.82) is 0 Å². The number of carboxylic acid groups (broad SMARTS) is 1. The predicted octanol–water partition coefficient (Wildman–Crippen LogP) is 2.15. The molecule has 2 rings (SSSR count). The summed E-state index contributed by atoms with van der Waals surface area (Å²) in [7, 11) is 0. The fourth-order valence-electron chi connectivity index (χ4n) is 2.22. The lowest BCUT2D eigenvalue weighted by atomic mass is 10.1. The van der Waals surface area contributed by atoms with Crippen molar-refractivity contribution in [3.8, 4) is 5.75 Å². The van der Waals surface area contributed by atoms with Gasteiger partial charge in [0.05, 0.1) is 0 Å². The molecule has 7 heteroatoms. The highest BCUT2D eigenvalue weighted by Crippen LogP contribution is 2.22. The van der Waals surface area contributed by atoms with Gasteiger partial charge in [-0.3, -0.25) is 0 Å². The maximum absolute atomic E-state index is 11.4. The zero-order valence-electron chi connectivity index (χ0n) is 13.1. The Morgan fingerprint density at radius 1 is 1.36 bits per heavy atom. The molecule has 1 heterocycles. The third kappa shape index (κ3) is 3.24. The second kappa shape index (κ2) is 6.55. The summed E-state index contributed by atoms with van der Waals surface area (Å²) in [5.74, 6) is 0.0312. The van der Waals surface area contributed by atoms with E-state index < -0.39 is 12.0 Å². The van der Waals surface area contributed by atoms with Crippen molar-refractivity contribution in [3.63, 3.8) is 0 Å². The van der Waals surface area contributed by atoms with Crippen LogP contribution in [-0.4, -0.2) is 31.3 Å². The minimum atomic E-state index is -0.963. The van der Waals surface area contributed by atoms with E-state index in [1.807, 2.05) is 45.9 Å². The number of nitrogens with zero attached hydrogens (tertiary/aromatic N) is 4. The first kappa shape index (κ1) is 15.9. The molecule has 1 atom stereocenters. The van der Waals surface area contributed by atoms with Gasteiger partial charge in [0.15, 0.2) is 11.9 Å². The van der Waals surface area contributed by atoms with Gasteiger partial charge in [-0.1, -0.05) is 26.0 Å². The highest BCUT2D eigenvalue weighted by atomic mass is 16.5. The topological polar surface area (TPSA) is 90.1 Å². The molecule has 0 amide bonds. The highest BCUT2D eigenvalue weighted by Gasteiger charge is 2.27. The summed E-state index contributed by atoms with van der Waals surface area (Å²) in [5, 5.41) is 20.6. The molecular weight excluding hydrogens is 284 g/mol. The molecule has 118 valence electrons. The number of aromatic nitrogens is 4. The number of rotatable bonds is 6. The van der Waals surface area contributed by atoms with Crippen LogP contribution in [0.5, 0.6) is 5.75 Å². The van der Waals surface area contributed by atoms with Gasteiger partial charge in [-0.15, -0.1) is 5.10 Å². The van der Waals surface area contributed by atoms with Crippen LogP contribution in [0.3, 0.4) is 0 Å². The molecule has 0 spiro atoms. The van der Waals surface area contributed by atoms with E-state index in [1.165, 1.54) is 4.68 Å². The molecule has 0 radical (unpaired) electrons. The summed E-state index contributed by atoms with van der Waals surface area (Å²) in [6.07, 6.45) is 0. The lowest BCUT2D eigenvalue weighted by Gasteiger charge is -2.17. The summed E-state index contributed by atoms with van der Waals surface area (Å²) in [4.78, 5) is 11.4. The average molecular weight is 304 g/mol. The molecule has 0 aliphatic heterocycles. The van der Waals surface area contributed by atoms with Gasteiger partial charge >= 0.3 is 5.97 Å². The van der Waals surface area contributed by atoms with Crippen molar-refractivity contribution < 1.29 is 14.6 Å². The minimum Gasteiger partial charge on any atom is -0.485 e. The average Bonchev–Trinajstić information content (AvgIpc) is 2.88. The number of ether oxygens (including phenoxy) is 1. The van der Waals surface area contributed by atoms with Crippen LogP contribution in [0.25, 0.3) is 0 Å². The predicted molar refractivity (Wildman–Crippen MR) is 79.6 cm³/mol. The van der Waals surface area contributed by atoms with Crippen molar-refractivity contribution in [2.24, 2.45) is 5.92 Å². The van der Waals surface area contributed by atoms with Crippen LogP contribution in [0.4, 0.5) is 0 Å². The molecule has 1 aromatic carbocycles. The van der Waals surface area contributed by atoms with Crippen LogP contribution in [0.2, 0.25) is 0 Å². The molecule has 7 nitrogen and oxygen atoms in total. The van der Waals surface area contributed by atoms with Gasteiger partial charge in [0, 0.05) is 0 Å². The van der Waals surface area contributed by atoms with Gasteiger partial charge in [0.2, 0.25) is 0 Å². The third-order valence-corrected chi connectivity index (χ3v) is 3.62. The Balaban J connectivity index is 2.20. The number of benzene rings is 1. The molecule has 0 bridgehead atoms. The maximum atomic E-state index is 11.4. The SMILES string of the molecule is Cc1cccc(OCc2nnnn2C(C(=O)O)C(C)C)c1C. The molecule has 1 unspecified atom stereocenters. The van der Waals surface area contributed by atoms with E-state index in [1.54, 1.807) is 0 Å². The fourth-order valence-corrected chi connectivity index (χ4v) is 2.22. The molecule has 0 aliphatic carbocycles. The van der Waals surface area contributed by atoms with Crippen LogP contribution >= 0.6 is 0 Å². The van der Waals surface area contributed by atoms with Crippen molar-refractivity contribution in [3.05, 3.63) is 35.2 Å². The maximum Gasteiger partial charge on any atom is 0.328 e. The Morgan fingerprint density at radius 2 is 2.09 bits per heavy atom. The van der Waals surface area contributed by atoms with Crippen LogP contribution in [0.1, 0.15) is 36.8 Å². The lowest BCUT2D eigenvalue weighted by molar-refractivity contribution is -0.142. The summed E-state index contributed by atoms with van der Waals surface area (Å²) < 4.78 is 7.07. The molecule has 22 heavy (non-hydrogen) atoms. The Hall–Kier alpha value is -2.44. The Morgan fingerprint density at radius 3 is 2.73 bits per heavy atom. The quantitative estimate of drug-likeness (QED) is 0.879. The summed E-state index contributed by atoms with van der Waals surface area (Å²) in [6.45, 7) is 7.73. The standard InChI is InChI=1S/C15H20N4O3/c1-9(2)14(15(20)21)19-13(16-17-18-19)8-22-12-7-5-6-10(3)11(12)4/h5-7,9,14H,8H2,1-4H3,(H,20,21). The molecule has 0 fully saturated rings. The third-order valence-electron chi connectivity index (χ3n) is 3.62. The van der Waals surface area contributed by atoms with E-state index >= 15 is 0 Å². The normalized spacial score (nSPS) is 12.4. The van der Waals surface area contributed by atoms with Crippen LogP contribution in [0.15, 0.2) is 18.2 Å². The number of carboxylic acids is 1. The van der Waals surface area contributed by atoms with Crippen LogP contribution in [-0.2, 0) is 11.4 Å². The molecule has 0 saturated carbocycles. The molecule has 0 aliphatic rings. The highest BCUT2D eigenvalue weighted by molar-refractivity contribution is 5.72. The van der Waals surface area contributed by atoms with Gasteiger partial charge in [-0.2, -0.15) is 0 Å². The van der Waals surface area contributed by atoms with Crippen molar-refractivity contribution >= 4 is 5.97 Å². The monoisotopic (exact) mass is 304 g/mol. The molecule has 1 aromatic heterocycles. The zero-order valence-corrected chi connectivity index (χ0v) is 13.1. The van der Waals surface area contributed by atoms with Crippen molar-refractivity contribution in [2.45, 2.75) is 40.3 Å². The van der Waals surface area contributed by atoms with E-state index in [2.05, 4.69) is 15.5 Å². The number of aryl methyl sites for hydroxylation is 1. The number of carbonyl (C=O) groups is 1. The van der Waals surface area contributed by atoms with Gasteiger partial charge in [-0.05, 0) is 47.4 Å². The molecular formula is C15H20N4O3. The Kier molecular flexibility index (Phi) is 4.75. The van der Waals surface area contributed by atoms with Crippen molar-refractivity contribution in [2.75, 3.05) is 0 Å². The first-order chi connectivity index (χ1) is 10.4. The fraction of sp³-hybridized carbons (Fsp3) is 0.467. The van der Waals surface area contributed by atoms with Gasteiger partial charge < -0.3 is 9.84 Å². The number of tetrazole rings is 1. The number of aliphatic carboxylic acids is 1. The second-order valence-electron chi connectivity index (χ2n) is 5.55. The molecule has 2 aromatic rings. The van der Waals surface area contributed by atoms with Crippen molar-refractivity contribution in [1.82, 2.24) is 20.2 Å². The first-order valence-electron chi connectivity index (χ1n) is 7.10. The molecule has 0 saturated heterocycles. The molecule has 1 N–H and O–H groups in total. The largest absolute Gasteiger partial charge is 0.485 e. The van der Waals surface area contributed by atoms with E-state index in [-0.39, 0.29) is 12.5 Å². The van der Waals surface area contributed by atoms with Gasteiger partial charge in [-0.25, -0.2) is 9.48 Å². The van der Waals surface area contributed by atoms with Gasteiger partial charge in [0.1, 0.15) is 12.4 Å². The summed E-state index contributed by atoms with van der Waals surface area (Å²) in [6, 6.07) is 4.97. The smallest absolute Gasteiger partial charge is 0.328 e. The zero-order chi connectivity index (χ0) is 16.3. The van der Waals surface area contributed by atoms with Crippen LogP contribution < -0.4 is 4.74 Å². The Labute approximate surface area is 128 Å². The van der Waals surface area contributed by atoms with Crippen LogP contribution in [0, 0.1) is 19.8 Å². The van der Waals surface area contributed by atoms with E-state index in [4.69, 9.17) is 4.74 Å². The number of hydrogen-bond donors (Lipinski definition) is 1. The lowest BCUT2D eigenvalue weighted by Crippen LogP contribution is -2.27. The summed E-state index contributed by atoms with van der Waals surface area (Å²) >= 11 is 0. The van der Waals surface area contributed by atoms with E-state index in [9.17, 15) is 9.90 Å². The van der Waals surface area contributed by atoms with E-state index in [0.717, 1.165) is 16.9 Å². The minimum absolute atomic E-state index is 0.119. The van der Waals surface area contributed by atoms with E-state index in [0.29, 0.717) is 5.82 Å². The summed E-state index contributed by atoms with van der Waals surface area (Å²) in [5.41, 5.74) is 2.17.